The third kappa shape index (κ3) is 7.53. The number of aliphatic hydroxyl groups excluding tert-OH is 1. The number of hydrogen-bond donors (Lipinski definition) is 1. The molecule has 148 valence electrons. The second-order valence-corrected chi connectivity index (χ2v) is 8.65. The number of ether oxygens (including phenoxy) is 2. The highest BCUT2D eigenvalue weighted by Gasteiger charge is 2.48. The molecule has 1 saturated heterocycles. The van der Waals surface area contributed by atoms with E-state index < -0.39 is 23.5 Å². The van der Waals surface area contributed by atoms with E-state index in [4.69, 9.17) is 9.47 Å². The Bertz CT molecular complexity index is 403. The first-order valence-electron chi connectivity index (χ1n) is 9.93. The van der Waals surface area contributed by atoms with Crippen LogP contribution in [0.4, 0.5) is 4.79 Å². The molecule has 0 radical (unpaired) electrons. The van der Waals surface area contributed by atoms with Crippen LogP contribution in [0, 0.1) is 0 Å². The van der Waals surface area contributed by atoms with Gasteiger partial charge < -0.3 is 14.6 Å². The lowest BCUT2D eigenvalue weighted by molar-refractivity contribution is -0.0681. The van der Waals surface area contributed by atoms with Crippen molar-refractivity contribution in [3.05, 3.63) is 0 Å². The molecule has 0 aromatic rings. The molecule has 5 heteroatoms. The van der Waals surface area contributed by atoms with Crippen LogP contribution < -0.4 is 0 Å². The molecule has 1 heterocycles. The topological polar surface area (TPSA) is 59.0 Å². The van der Waals surface area contributed by atoms with E-state index in [9.17, 15) is 9.90 Å². The van der Waals surface area contributed by atoms with E-state index in [1.54, 1.807) is 4.90 Å². The first-order valence-corrected chi connectivity index (χ1v) is 9.93. The molecule has 0 unspecified atom stereocenters. The number of carbonyl (C=O) groups excluding carboxylic acids is 1. The molecular formula is C20H39NO4. The zero-order chi connectivity index (χ0) is 19.1. The summed E-state index contributed by atoms with van der Waals surface area (Å²) in [5, 5.41) is 10.6. The fourth-order valence-corrected chi connectivity index (χ4v) is 3.29. The number of unbranched alkanes of at least 4 members (excludes halogenated alkanes) is 6. The van der Waals surface area contributed by atoms with Gasteiger partial charge in [-0.2, -0.15) is 0 Å². The van der Waals surface area contributed by atoms with Crippen molar-refractivity contribution >= 4 is 6.09 Å². The fourth-order valence-electron chi connectivity index (χ4n) is 3.29. The molecule has 0 spiro atoms. The highest BCUT2D eigenvalue weighted by molar-refractivity contribution is 5.69. The molecule has 1 amide bonds. The molecule has 0 aromatic heterocycles. The Hall–Kier alpha value is -0.810. The highest BCUT2D eigenvalue weighted by atomic mass is 16.6. The summed E-state index contributed by atoms with van der Waals surface area (Å²) < 4.78 is 11.3. The summed E-state index contributed by atoms with van der Waals surface area (Å²) in [7, 11) is 0. The lowest BCUT2D eigenvalue weighted by Crippen LogP contribution is -2.53. The largest absolute Gasteiger partial charge is 0.444 e. The summed E-state index contributed by atoms with van der Waals surface area (Å²) in [4.78, 5) is 14.2. The quantitative estimate of drug-likeness (QED) is 0.599. The lowest BCUT2D eigenvalue weighted by atomic mass is 10.0. The molecule has 0 saturated carbocycles. The van der Waals surface area contributed by atoms with Gasteiger partial charge in [0.05, 0.1) is 18.8 Å². The minimum atomic E-state index is -0.756. The average Bonchev–Trinajstić information content (AvgIpc) is 2.80. The Morgan fingerprint density at radius 3 is 2.32 bits per heavy atom. The van der Waals surface area contributed by atoms with Crippen molar-refractivity contribution in [1.29, 1.82) is 0 Å². The molecule has 0 aliphatic carbocycles. The Labute approximate surface area is 154 Å². The zero-order valence-electron chi connectivity index (χ0n) is 17.1. The predicted octanol–water partition coefficient (Wildman–Crippen LogP) is 4.86. The average molecular weight is 358 g/mol. The van der Waals surface area contributed by atoms with Crippen molar-refractivity contribution in [2.45, 2.75) is 116 Å². The van der Waals surface area contributed by atoms with Gasteiger partial charge >= 0.3 is 6.09 Å². The van der Waals surface area contributed by atoms with Gasteiger partial charge in [-0.15, -0.1) is 0 Å². The summed E-state index contributed by atoms with van der Waals surface area (Å²) in [6, 6.07) is -0.343. The summed E-state index contributed by atoms with van der Waals surface area (Å²) in [6.07, 6.45) is 8.16. The van der Waals surface area contributed by atoms with Crippen LogP contribution in [0.15, 0.2) is 0 Å². The van der Waals surface area contributed by atoms with E-state index in [1.165, 1.54) is 32.1 Å². The SMILES string of the molecule is CCCCCCCCC[C@@H](O)[C@@H]1COC(C)(C)N1C(=O)OC(C)(C)C. The van der Waals surface area contributed by atoms with Gasteiger partial charge in [0.25, 0.3) is 0 Å². The summed E-state index contributed by atoms with van der Waals surface area (Å²) >= 11 is 0. The van der Waals surface area contributed by atoms with Gasteiger partial charge in [0.15, 0.2) is 0 Å². The number of nitrogens with zero attached hydrogens (tertiary/aromatic N) is 1. The molecule has 1 aliphatic heterocycles. The highest BCUT2D eigenvalue weighted by Crippen LogP contribution is 2.32. The molecule has 1 rings (SSSR count). The molecule has 0 aromatic carbocycles. The van der Waals surface area contributed by atoms with E-state index in [-0.39, 0.29) is 6.04 Å². The second kappa shape index (κ2) is 9.77. The van der Waals surface area contributed by atoms with Crippen LogP contribution in [0.5, 0.6) is 0 Å². The van der Waals surface area contributed by atoms with Crippen molar-refractivity contribution in [2.24, 2.45) is 0 Å². The first kappa shape index (κ1) is 22.2. The number of carbonyl (C=O) groups is 1. The van der Waals surface area contributed by atoms with Crippen molar-refractivity contribution in [1.82, 2.24) is 4.90 Å². The van der Waals surface area contributed by atoms with Crippen LogP contribution in [0.3, 0.4) is 0 Å². The lowest BCUT2D eigenvalue weighted by Gasteiger charge is -2.36. The third-order valence-corrected chi connectivity index (χ3v) is 4.66. The van der Waals surface area contributed by atoms with Crippen LogP contribution in [-0.4, -0.2) is 46.2 Å². The molecule has 1 N–H and O–H groups in total. The van der Waals surface area contributed by atoms with Gasteiger partial charge in [-0.3, -0.25) is 4.90 Å². The second-order valence-electron chi connectivity index (χ2n) is 8.65. The molecule has 25 heavy (non-hydrogen) atoms. The molecule has 5 nitrogen and oxygen atoms in total. The van der Waals surface area contributed by atoms with Crippen molar-refractivity contribution < 1.29 is 19.4 Å². The molecule has 2 atom stereocenters. The summed E-state index contributed by atoms with van der Waals surface area (Å²) in [5.74, 6) is 0. The van der Waals surface area contributed by atoms with Crippen molar-refractivity contribution in [3.8, 4) is 0 Å². The minimum Gasteiger partial charge on any atom is -0.444 e. The first-order chi connectivity index (χ1) is 11.6. The molecule has 0 bridgehead atoms. The van der Waals surface area contributed by atoms with E-state index in [0.717, 1.165) is 12.8 Å². The van der Waals surface area contributed by atoms with Gasteiger partial charge in [0.2, 0.25) is 0 Å². The Balaban J connectivity index is 2.49. The molecule has 1 fully saturated rings. The number of amides is 1. The number of rotatable bonds is 9. The summed E-state index contributed by atoms with van der Waals surface area (Å²) in [6.45, 7) is 11.8. The molecular weight excluding hydrogens is 318 g/mol. The predicted molar refractivity (Wildman–Crippen MR) is 101 cm³/mol. The van der Waals surface area contributed by atoms with Crippen molar-refractivity contribution in [2.75, 3.05) is 6.61 Å². The normalized spacial score (nSPS) is 21.4. The van der Waals surface area contributed by atoms with E-state index >= 15 is 0 Å². The standard InChI is InChI=1S/C20H39NO4/c1-7-8-9-10-11-12-13-14-17(22)16-15-24-20(5,6)21(16)18(23)25-19(2,3)4/h16-17,22H,7-15H2,1-6H3/t16-,17+/m0/s1. The Morgan fingerprint density at radius 2 is 1.76 bits per heavy atom. The van der Waals surface area contributed by atoms with E-state index in [1.807, 2.05) is 34.6 Å². The van der Waals surface area contributed by atoms with E-state index in [2.05, 4.69) is 6.92 Å². The number of aliphatic hydroxyl groups is 1. The maximum Gasteiger partial charge on any atom is 0.412 e. The fraction of sp³-hybridized carbons (Fsp3) is 0.950. The smallest absolute Gasteiger partial charge is 0.412 e. The van der Waals surface area contributed by atoms with Crippen LogP contribution in [0.2, 0.25) is 0 Å². The van der Waals surface area contributed by atoms with Crippen LogP contribution >= 0.6 is 0 Å². The molecule has 1 aliphatic rings. The Morgan fingerprint density at radius 1 is 1.20 bits per heavy atom. The number of hydrogen-bond acceptors (Lipinski definition) is 4. The maximum absolute atomic E-state index is 12.6. The van der Waals surface area contributed by atoms with E-state index in [0.29, 0.717) is 13.0 Å². The van der Waals surface area contributed by atoms with Gasteiger partial charge in [0, 0.05) is 0 Å². The van der Waals surface area contributed by atoms with Crippen molar-refractivity contribution in [3.63, 3.8) is 0 Å². The van der Waals surface area contributed by atoms with Gasteiger partial charge in [0.1, 0.15) is 11.3 Å². The zero-order valence-corrected chi connectivity index (χ0v) is 17.1. The minimum absolute atomic E-state index is 0.343. The van der Waals surface area contributed by atoms with Gasteiger partial charge in [-0.05, 0) is 41.0 Å². The van der Waals surface area contributed by atoms with Crippen LogP contribution in [0.1, 0.15) is 92.9 Å². The monoisotopic (exact) mass is 357 g/mol. The summed E-state index contributed by atoms with van der Waals surface area (Å²) in [5.41, 5.74) is -1.32. The third-order valence-electron chi connectivity index (χ3n) is 4.66. The maximum atomic E-state index is 12.6. The van der Waals surface area contributed by atoms with Gasteiger partial charge in [-0.1, -0.05) is 51.9 Å². The Kier molecular flexibility index (Phi) is 8.69. The van der Waals surface area contributed by atoms with Crippen LogP contribution in [0.25, 0.3) is 0 Å². The van der Waals surface area contributed by atoms with Gasteiger partial charge in [-0.25, -0.2) is 4.79 Å². The van der Waals surface area contributed by atoms with Crippen LogP contribution in [-0.2, 0) is 9.47 Å².